The van der Waals surface area contributed by atoms with Crippen LogP contribution in [-0.4, -0.2) is 15.6 Å². The number of carbonyl (C=O) groups is 1. The number of allylic oxidation sites excluding steroid dienone is 1. The highest BCUT2D eigenvalue weighted by Crippen LogP contribution is 2.12. The van der Waals surface area contributed by atoms with Crippen LogP contribution in [0.4, 0.5) is 0 Å². The van der Waals surface area contributed by atoms with Crippen molar-refractivity contribution in [3.8, 4) is 0 Å². The van der Waals surface area contributed by atoms with Gasteiger partial charge in [0, 0.05) is 11.8 Å². The average Bonchev–Trinajstić information content (AvgIpc) is 2.88. The summed E-state index contributed by atoms with van der Waals surface area (Å²) in [5, 5.41) is 4.12. The van der Waals surface area contributed by atoms with Crippen molar-refractivity contribution in [2.24, 2.45) is 0 Å². The van der Waals surface area contributed by atoms with Gasteiger partial charge in [0.15, 0.2) is 0 Å². The van der Waals surface area contributed by atoms with Crippen molar-refractivity contribution in [2.45, 2.75) is 26.3 Å². The molecule has 0 atom stereocenters. The van der Waals surface area contributed by atoms with Crippen LogP contribution in [0.15, 0.2) is 49.2 Å². The number of hydrogen-bond donors (Lipinski definition) is 0. The predicted molar refractivity (Wildman–Crippen MR) is 76.3 cm³/mol. The van der Waals surface area contributed by atoms with E-state index in [1.54, 1.807) is 23.0 Å². The van der Waals surface area contributed by atoms with Crippen LogP contribution in [0.5, 0.6) is 0 Å². The van der Waals surface area contributed by atoms with E-state index < -0.39 is 0 Å². The lowest BCUT2D eigenvalue weighted by Gasteiger charge is -2.05. The third-order valence-corrected chi connectivity index (χ3v) is 3.01. The van der Waals surface area contributed by atoms with E-state index in [1.807, 2.05) is 24.3 Å². The molecule has 0 bridgehead atoms. The predicted octanol–water partition coefficient (Wildman–Crippen LogP) is 3.25. The number of aromatic nitrogens is 2. The molecular formula is C16H18N2O. The van der Waals surface area contributed by atoms with Gasteiger partial charge in [0.25, 0.3) is 0 Å². The summed E-state index contributed by atoms with van der Waals surface area (Å²) in [5.74, 6) is 0.00222. The maximum Gasteiger partial charge on any atom is 0.211 e. The van der Waals surface area contributed by atoms with Crippen LogP contribution in [0.25, 0.3) is 0 Å². The first-order valence-electron chi connectivity index (χ1n) is 6.52. The summed E-state index contributed by atoms with van der Waals surface area (Å²) in [4.78, 5) is 12.4. The SMILES string of the molecule is C=CCn1nccc1C(=O)c1ccc(CCC)cc1. The summed E-state index contributed by atoms with van der Waals surface area (Å²) in [6, 6.07) is 9.55. The Labute approximate surface area is 113 Å². The molecule has 0 amide bonds. The summed E-state index contributed by atoms with van der Waals surface area (Å²) in [6.07, 6.45) is 5.53. The van der Waals surface area contributed by atoms with Crippen molar-refractivity contribution in [1.29, 1.82) is 0 Å². The molecule has 0 aliphatic carbocycles. The number of rotatable bonds is 6. The van der Waals surface area contributed by atoms with Crippen molar-refractivity contribution < 1.29 is 4.79 Å². The van der Waals surface area contributed by atoms with Crippen LogP contribution in [0, 0.1) is 0 Å². The van der Waals surface area contributed by atoms with Gasteiger partial charge in [-0.05, 0) is 18.1 Å². The molecule has 0 aliphatic heterocycles. The van der Waals surface area contributed by atoms with E-state index in [2.05, 4.69) is 18.6 Å². The van der Waals surface area contributed by atoms with Crippen LogP contribution >= 0.6 is 0 Å². The lowest BCUT2D eigenvalue weighted by atomic mass is 10.0. The smallest absolute Gasteiger partial charge is 0.211 e. The van der Waals surface area contributed by atoms with Gasteiger partial charge in [-0.2, -0.15) is 5.10 Å². The first kappa shape index (κ1) is 13.3. The Balaban J connectivity index is 2.23. The molecule has 1 aromatic heterocycles. The minimum atomic E-state index is 0.00222. The molecule has 0 saturated carbocycles. The monoisotopic (exact) mass is 254 g/mol. The molecule has 0 aliphatic rings. The number of ketones is 1. The van der Waals surface area contributed by atoms with E-state index in [1.165, 1.54) is 5.56 Å². The standard InChI is InChI=1S/C16H18N2O/c1-3-5-13-6-8-14(9-7-13)16(19)15-10-11-17-18(15)12-4-2/h4,6-11H,2-3,5,12H2,1H3. The zero-order chi connectivity index (χ0) is 13.7. The Morgan fingerprint density at radius 3 is 2.68 bits per heavy atom. The van der Waals surface area contributed by atoms with Gasteiger partial charge >= 0.3 is 0 Å². The topological polar surface area (TPSA) is 34.9 Å². The second kappa shape index (κ2) is 6.14. The number of carbonyl (C=O) groups excluding carboxylic acids is 1. The summed E-state index contributed by atoms with van der Waals surface area (Å²) in [6.45, 7) is 6.36. The number of nitrogens with zero attached hydrogens (tertiary/aromatic N) is 2. The Hall–Kier alpha value is -2.16. The highest BCUT2D eigenvalue weighted by Gasteiger charge is 2.13. The van der Waals surface area contributed by atoms with Crippen LogP contribution in [-0.2, 0) is 13.0 Å². The van der Waals surface area contributed by atoms with Gasteiger partial charge in [0.1, 0.15) is 5.69 Å². The summed E-state index contributed by atoms with van der Waals surface area (Å²) in [5.41, 5.74) is 2.56. The van der Waals surface area contributed by atoms with Crippen molar-refractivity contribution in [1.82, 2.24) is 9.78 Å². The molecule has 0 unspecified atom stereocenters. The highest BCUT2D eigenvalue weighted by atomic mass is 16.1. The molecule has 2 rings (SSSR count). The van der Waals surface area contributed by atoms with Crippen LogP contribution < -0.4 is 0 Å². The molecule has 0 radical (unpaired) electrons. The molecular weight excluding hydrogens is 236 g/mol. The maximum atomic E-state index is 12.4. The van der Waals surface area contributed by atoms with Crippen molar-refractivity contribution in [3.05, 3.63) is 66.0 Å². The zero-order valence-corrected chi connectivity index (χ0v) is 11.2. The molecule has 3 heteroatoms. The summed E-state index contributed by atoms with van der Waals surface area (Å²) < 4.78 is 1.66. The van der Waals surface area contributed by atoms with Crippen LogP contribution in [0.2, 0.25) is 0 Å². The highest BCUT2D eigenvalue weighted by molar-refractivity contribution is 6.07. The van der Waals surface area contributed by atoms with Crippen LogP contribution in [0.3, 0.4) is 0 Å². The molecule has 0 fully saturated rings. The van der Waals surface area contributed by atoms with Crippen molar-refractivity contribution >= 4 is 5.78 Å². The van der Waals surface area contributed by atoms with Crippen LogP contribution in [0.1, 0.15) is 35.0 Å². The van der Waals surface area contributed by atoms with E-state index in [4.69, 9.17) is 0 Å². The lowest BCUT2D eigenvalue weighted by Crippen LogP contribution is -2.10. The third-order valence-electron chi connectivity index (χ3n) is 3.01. The Kier molecular flexibility index (Phi) is 4.29. The van der Waals surface area contributed by atoms with Gasteiger partial charge in [0.05, 0.1) is 6.54 Å². The lowest BCUT2D eigenvalue weighted by molar-refractivity contribution is 0.102. The Morgan fingerprint density at radius 2 is 2.05 bits per heavy atom. The molecule has 0 saturated heterocycles. The van der Waals surface area contributed by atoms with Gasteiger partial charge < -0.3 is 0 Å². The number of hydrogen-bond acceptors (Lipinski definition) is 2. The molecule has 1 heterocycles. The molecule has 0 spiro atoms. The maximum absolute atomic E-state index is 12.4. The van der Waals surface area contributed by atoms with E-state index in [9.17, 15) is 4.79 Å². The normalized spacial score (nSPS) is 10.4. The van der Waals surface area contributed by atoms with E-state index >= 15 is 0 Å². The van der Waals surface area contributed by atoms with E-state index in [0.29, 0.717) is 17.8 Å². The van der Waals surface area contributed by atoms with Gasteiger partial charge in [0.2, 0.25) is 5.78 Å². The number of aryl methyl sites for hydroxylation is 1. The quantitative estimate of drug-likeness (QED) is 0.586. The van der Waals surface area contributed by atoms with Gasteiger partial charge in [-0.25, -0.2) is 0 Å². The van der Waals surface area contributed by atoms with Crippen molar-refractivity contribution in [3.63, 3.8) is 0 Å². The molecule has 1 aromatic carbocycles. The van der Waals surface area contributed by atoms with Gasteiger partial charge in [-0.1, -0.05) is 43.7 Å². The fourth-order valence-electron chi connectivity index (χ4n) is 2.05. The summed E-state index contributed by atoms with van der Waals surface area (Å²) in [7, 11) is 0. The largest absolute Gasteiger partial charge is 0.287 e. The molecule has 0 N–H and O–H groups in total. The Morgan fingerprint density at radius 1 is 1.32 bits per heavy atom. The third kappa shape index (κ3) is 2.99. The minimum Gasteiger partial charge on any atom is -0.287 e. The fraction of sp³-hybridized carbons (Fsp3) is 0.250. The second-order valence-corrected chi connectivity index (χ2v) is 4.46. The van der Waals surface area contributed by atoms with E-state index in [0.717, 1.165) is 12.8 Å². The molecule has 2 aromatic rings. The first-order valence-corrected chi connectivity index (χ1v) is 6.52. The second-order valence-electron chi connectivity index (χ2n) is 4.46. The average molecular weight is 254 g/mol. The summed E-state index contributed by atoms with van der Waals surface area (Å²) >= 11 is 0. The Bertz CT molecular complexity index is 567. The van der Waals surface area contributed by atoms with E-state index in [-0.39, 0.29) is 5.78 Å². The van der Waals surface area contributed by atoms with Gasteiger partial charge in [-0.3, -0.25) is 9.48 Å². The zero-order valence-electron chi connectivity index (χ0n) is 11.2. The molecule has 3 nitrogen and oxygen atoms in total. The minimum absolute atomic E-state index is 0.00222. The first-order chi connectivity index (χ1) is 9.26. The molecule has 98 valence electrons. The van der Waals surface area contributed by atoms with Gasteiger partial charge in [-0.15, -0.1) is 6.58 Å². The van der Waals surface area contributed by atoms with Crippen molar-refractivity contribution in [2.75, 3.05) is 0 Å². The fourth-order valence-corrected chi connectivity index (χ4v) is 2.05. The molecule has 19 heavy (non-hydrogen) atoms. The number of benzene rings is 1.